The van der Waals surface area contributed by atoms with Crippen LogP contribution in [0.4, 0.5) is 13.6 Å². The van der Waals surface area contributed by atoms with E-state index >= 15 is 0 Å². The molecule has 3 aromatic rings. The first-order chi connectivity index (χ1) is 16.4. The van der Waals surface area contributed by atoms with E-state index in [9.17, 15) is 18.4 Å². The zero-order valence-electron chi connectivity index (χ0n) is 18.0. The van der Waals surface area contributed by atoms with Gasteiger partial charge in [-0.1, -0.05) is 46.3 Å². The molecule has 0 aliphatic carbocycles. The number of urea groups is 1. The number of carbonyl (C=O) groups is 2. The monoisotopic (exact) mass is 528 g/mol. The number of benzene rings is 3. The molecule has 0 saturated carbocycles. The van der Waals surface area contributed by atoms with Crippen molar-refractivity contribution in [2.75, 3.05) is 7.11 Å². The van der Waals surface area contributed by atoms with Crippen LogP contribution in [0.3, 0.4) is 0 Å². The molecule has 0 unspecified atom stereocenters. The van der Waals surface area contributed by atoms with Crippen LogP contribution >= 0.6 is 15.9 Å². The molecule has 1 aliphatic heterocycles. The molecule has 34 heavy (non-hydrogen) atoms. The molecule has 0 bridgehead atoms. The number of rotatable bonds is 7. The largest absolute Gasteiger partial charge is 0.493 e. The third-order valence-corrected chi connectivity index (χ3v) is 5.83. The van der Waals surface area contributed by atoms with E-state index in [1.54, 1.807) is 30.3 Å². The van der Waals surface area contributed by atoms with Crippen molar-refractivity contribution in [3.8, 4) is 11.5 Å². The van der Waals surface area contributed by atoms with Crippen molar-refractivity contribution in [2.24, 2.45) is 0 Å². The fraction of sp³-hybridized carbons (Fsp3) is 0.120. The average molecular weight is 529 g/mol. The molecule has 1 N–H and O–H groups in total. The number of methoxy groups -OCH3 is 1. The third-order valence-electron chi connectivity index (χ3n) is 5.14. The zero-order valence-corrected chi connectivity index (χ0v) is 19.6. The lowest BCUT2D eigenvalue weighted by atomic mass is 10.1. The maximum Gasteiger partial charge on any atom is 0.329 e. The van der Waals surface area contributed by atoms with Gasteiger partial charge in [0.2, 0.25) is 0 Å². The highest BCUT2D eigenvalue weighted by molar-refractivity contribution is 9.10. The van der Waals surface area contributed by atoms with Crippen LogP contribution in [-0.2, 0) is 17.9 Å². The molecule has 1 saturated heterocycles. The first-order valence-corrected chi connectivity index (χ1v) is 11.0. The van der Waals surface area contributed by atoms with Crippen LogP contribution < -0.4 is 14.8 Å². The number of hydrogen-bond donors (Lipinski definition) is 1. The van der Waals surface area contributed by atoms with Gasteiger partial charge in [-0.15, -0.1) is 0 Å². The normalized spacial score (nSPS) is 14.5. The van der Waals surface area contributed by atoms with Gasteiger partial charge < -0.3 is 14.8 Å². The van der Waals surface area contributed by atoms with Crippen molar-refractivity contribution in [1.29, 1.82) is 0 Å². The van der Waals surface area contributed by atoms with E-state index in [2.05, 4.69) is 21.2 Å². The molecular weight excluding hydrogens is 510 g/mol. The van der Waals surface area contributed by atoms with Gasteiger partial charge in [-0.25, -0.2) is 13.6 Å². The van der Waals surface area contributed by atoms with Crippen molar-refractivity contribution in [2.45, 2.75) is 13.2 Å². The number of hydrogen-bond acceptors (Lipinski definition) is 4. The summed E-state index contributed by atoms with van der Waals surface area (Å²) in [6.45, 7) is 0.0123. The SMILES string of the molecule is COc1cc(/C=C2/NC(=O)N(Cc3ccccc3F)C2=O)c(Br)cc1OCc1ccc(F)cc1. The Balaban J connectivity index is 1.54. The van der Waals surface area contributed by atoms with Crippen LogP contribution in [0.5, 0.6) is 11.5 Å². The van der Waals surface area contributed by atoms with E-state index in [1.807, 2.05) is 0 Å². The van der Waals surface area contributed by atoms with Gasteiger partial charge >= 0.3 is 6.03 Å². The second kappa shape index (κ2) is 10.0. The minimum Gasteiger partial charge on any atom is -0.493 e. The van der Waals surface area contributed by atoms with Gasteiger partial charge in [-0.2, -0.15) is 0 Å². The molecule has 1 heterocycles. The van der Waals surface area contributed by atoms with Gasteiger partial charge in [-0.05, 0) is 47.5 Å². The summed E-state index contributed by atoms with van der Waals surface area (Å²) in [6, 6.07) is 14.6. The summed E-state index contributed by atoms with van der Waals surface area (Å²) in [5.41, 5.74) is 1.61. The van der Waals surface area contributed by atoms with Crippen molar-refractivity contribution in [3.05, 3.63) is 99.2 Å². The van der Waals surface area contributed by atoms with Gasteiger partial charge in [-0.3, -0.25) is 9.69 Å². The molecule has 0 spiro atoms. The Labute approximate surface area is 202 Å². The molecule has 1 aliphatic rings. The smallest absolute Gasteiger partial charge is 0.329 e. The molecule has 3 aromatic carbocycles. The Bertz CT molecular complexity index is 1280. The first kappa shape index (κ1) is 23.4. The average Bonchev–Trinajstić information content (AvgIpc) is 3.08. The van der Waals surface area contributed by atoms with Crippen molar-refractivity contribution in [3.63, 3.8) is 0 Å². The van der Waals surface area contributed by atoms with Gasteiger partial charge in [0.05, 0.1) is 13.7 Å². The van der Waals surface area contributed by atoms with E-state index in [1.165, 1.54) is 43.5 Å². The van der Waals surface area contributed by atoms with Crippen LogP contribution in [0.25, 0.3) is 6.08 Å². The quantitative estimate of drug-likeness (QED) is 0.329. The van der Waals surface area contributed by atoms with Crippen molar-refractivity contribution in [1.82, 2.24) is 10.2 Å². The van der Waals surface area contributed by atoms with Crippen LogP contribution in [0.2, 0.25) is 0 Å². The summed E-state index contributed by atoms with van der Waals surface area (Å²) >= 11 is 3.45. The molecule has 3 amide bonds. The van der Waals surface area contributed by atoms with Gasteiger partial charge in [0.25, 0.3) is 5.91 Å². The summed E-state index contributed by atoms with van der Waals surface area (Å²) in [5, 5.41) is 2.53. The Hall–Kier alpha value is -3.72. The van der Waals surface area contributed by atoms with Crippen LogP contribution in [0.1, 0.15) is 16.7 Å². The second-order valence-electron chi connectivity index (χ2n) is 7.41. The highest BCUT2D eigenvalue weighted by Crippen LogP contribution is 2.35. The molecule has 4 rings (SSSR count). The van der Waals surface area contributed by atoms with E-state index in [4.69, 9.17) is 9.47 Å². The molecule has 0 atom stereocenters. The summed E-state index contributed by atoms with van der Waals surface area (Å²) in [7, 11) is 1.48. The fourth-order valence-electron chi connectivity index (χ4n) is 3.34. The Morgan fingerprint density at radius 2 is 1.76 bits per heavy atom. The predicted octanol–water partition coefficient (Wildman–Crippen LogP) is 5.41. The topological polar surface area (TPSA) is 67.9 Å². The van der Waals surface area contributed by atoms with E-state index in [0.717, 1.165) is 10.5 Å². The van der Waals surface area contributed by atoms with Crippen LogP contribution in [0.15, 0.2) is 70.8 Å². The number of imide groups is 1. The molecule has 1 fully saturated rings. The summed E-state index contributed by atoms with van der Waals surface area (Å²) in [4.78, 5) is 26.1. The fourth-order valence-corrected chi connectivity index (χ4v) is 3.78. The lowest BCUT2D eigenvalue weighted by molar-refractivity contribution is -0.123. The number of carbonyl (C=O) groups excluding carboxylic acids is 2. The Morgan fingerprint density at radius 3 is 2.47 bits per heavy atom. The summed E-state index contributed by atoms with van der Waals surface area (Å²) < 4.78 is 38.9. The highest BCUT2D eigenvalue weighted by Gasteiger charge is 2.34. The molecule has 0 aromatic heterocycles. The first-order valence-electron chi connectivity index (χ1n) is 10.2. The minimum absolute atomic E-state index is 0.0454. The number of nitrogens with zero attached hydrogens (tertiary/aromatic N) is 1. The molecule has 9 heteroatoms. The van der Waals surface area contributed by atoms with Crippen LogP contribution in [0, 0.1) is 11.6 Å². The van der Waals surface area contributed by atoms with Gasteiger partial charge in [0.1, 0.15) is 23.9 Å². The predicted molar refractivity (Wildman–Crippen MR) is 125 cm³/mol. The third kappa shape index (κ3) is 5.09. The Kier molecular flexibility index (Phi) is 6.93. The van der Waals surface area contributed by atoms with Gasteiger partial charge in [0.15, 0.2) is 11.5 Å². The Morgan fingerprint density at radius 1 is 1.03 bits per heavy atom. The standard InChI is InChI=1S/C25H19BrF2N2O4/c1-33-22-11-17(19(26)12-23(22)34-14-15-6-8-18(27)9-7-15)10-21-24(31)30(25(32)29-21)13-16-4-2-3-5-20(16)28/h2-12H,13-14H2,1H3,(H,29,32)/b21-10+. The molecule has 174 valence electrons. The van der Waals surface area contributed by atoms with Crippen molar-refractivity contribution < 1.29 is 27.8 Å². The van der Waals surface area contributed by atoms with E-state index < -0.39 is 17.8 Å². The number of halogens is 3. The molecule has 0 radical (unpaired) electrons. The summed E-state index contributed by atoms with van der Waals surface area (Å²) in [5.74, 6) is -0.566. The van der Waals surface area contributed by atoms with Crippen LogP contribution in [-0.4, -0.2) is 23.9 Å². The van der Waals surface area contributed by atoms with E-state index in [0.29, 0.717) is 21.5 Å². The number of ether oxygens (including phenoxy) is 2. The molecule has 6 nitrogen and oxygen atoms in total. The maximum atomic E-state index is 14.0. The number of nitrogens with one attached hydrogen (secondary N) is 1. The number of amides is 3. The zero-order chi connectivity index (χ0) is 24.2. The maximum absolute atomic E-state index is 14.0. The highest BCUT2D eigenvalue weighted by atomic mass is 79.9. The minimum atomic E-state index is -0.637. The summed E-state index contributed by atoms with van der Waals surface area (Å²) in [6.07, 6.45) is 1.50. The molecular formula is C25H19BrF2N2O4. The van der Waals surface area contributed by atoms with Crippen molar-refractivity contribution >= 4 is 33.9 Å². The second-order valence-corrected chi connectivity index (χ2v) is 8.26. The lowest BCUT2D eigenvalue weighted by Gasteiger charge is -2.13. The lowest BCUT2D eigenvalue weighted by Crippen LogP contribution is -2.30. The van der Waals surface area contributed by atoms with Gasteiger partial charge in [0, 0.05) is 10.0 Å². The van der Waals surface area contributed by atoms with E-state index in [-0.39, 0.29) is 30.2 Å².